The van der Waals surface area contributed by atoms with Crippen molar-refractivity contribution in [3.8, 4) is 0 Å². The highest BCUT2D eigenvalue weighted by Gasteiger charge is 2.09. The Morgan fingerprint density at radius 2 is 2.44 bits per heavy atom. The molecule has 0 aliphatic rings. The molecule has 0 amide bonds. The molecule has 18 heavy (non-hydrogen) atoms. The molecule has 2 rings (SSSR count). The average Bonchev–Trinajstić information content (AvgIpc) is 2.81. The second kappa shape index (κ2) is 5.92. The number of hydrogen-bond donors (Lipinski definition) is 1. The molecule has 0 spiro atoms. The van der Waals surface area contributed by atoms with E-state index in [9.17, 15) is 4.79 Å². The van der Waals surface area contributed by atoms with E-state index in [1.54, 1.807) is 17.4 Å². The summed E-state index contributed by atoms with van der Waals surface area (Å²) in [4.78, 5) is 20.3. The van der Waals surface area contributed by atoms with Crippen LogP contribution in [-0.4, -0.2) is 23.0 Å². The number of carbonyl (C=O) groups is 1. The molecule has 0 aliphatic heterocycles. The van der Waals surface area contributed by atoms with Crippen molar-refractivity contribution in [2.24, 2.45) is 0 Å². The first-order valence-corrected chi connectivity index (χ1v) is 6.74. The number of anilines is 1. The smallest absolute Gasteiger partial charge is 0.376 e. The van der Waals surface area contributed by atoms with E-state index in [-0.39, 0.29) is 5.82 Å². The van der Waals surface area contributed by atoms with Crippen LogP contribution in [0.5, 0.6) is 0 Å². The van der Waals surface area contributed by atoms with Gasteiger partial charge in [0.05, 0.1) is 13.7 Å². The van der Waals surface area contributed by atoms with Gasteiger partial charge in [0, 0.05) is 20.9 Å². The summed E-state index contributed by atoms with van der Waals surface area (Å²) in [5, 5.41) is 5.14. The molecule has 2 aromatic heterocycles. The van der Waals surface area contributed by atoms with Gasteiger partial charge < -0.3 is 10.1 Å². The first-order valence-electron chi connectivity index (χ1n) is 5.07. The zero-order chi connectivity index (χ0) is 13.0. The van der Waals surface area contributed by atoms with Crippen LogP contribution in [0.3, 0.4) is 0 Å². The highest BCUT2D eigenvalue weighted by atomic mass is 79.9. The third-order valence-electron chi connectivity index (χ3n) is 2.09. The van der Waals surface area contributed by atoms with Crippen LogP contribution in [0.2, 0.25) is 0 Å². The van der Waals surface area contributed by atoms with Crippen molar-refractivity contribution in [1.82, 2.24) is 9.97 Å². The van der Waals surface area contributed by atoms with Crippen molar-refractivity contribution in [3.63, 3.8) is 0 Å². The van der Waals surface area contributed by atoms with Gasteiger partial charge in [-0.2, -0.15) is 0 Å². The van der Waals surface area contributed by atoms with Crippen LogP contribution in [0, 0.1) is 0 Å². The van der Waals surface area contributed by atoms with Gasteiger partial charge in [-0.3, -0.25) is 0 Å². The first-order chi connectivity index (χ1) is 8.69. The zero-order valence-electron chi connectivity index (χ0n) is 9.51. The van der Waals surface area contributed by atoms with E-state index in [0.29, 0.717) is 12.4 Å². The standard InChI is InChI=1S/C11H10BrN3O2S/c1-17-11(16)10-13-3-2-9(15-10)14-5-8-4-7(12)6-18-8/h2-4,6H,5H2,1H3,(H,13,14,15). The molecular formula is C11H10BrN3O2S. The molecule has 2 heterocycles. The lowest BCUT2D eigenvalue weighted by Gasteiger charge is -2.04. The number of nitrogens with zero attached hydrogens (tertiary/aromatic N) is 2. The molecule has 5 nitrogen and oxygen atoms in total. The molecule has 94 valence electrons. The normalized spacial score (nSPS) is 10.1. The zero-order valence-corrected chi connectivity index (χ0v) is 11.9. The van der Waals surface area contributed by atoms with Gasteiger partial charge >= 0.3 is 5.97 Å². The Balaban J connectivity index is 2.03. The minimum atomic E-state index is -0.544. The molecule has 0 aromatic carbocycles. The predicted octanol–water partition coefficient (Wildman–Crippen LogP) is 2.70. The maximum absolute atomic E-state index is 11.3. The molecule has 0 bridgehead atoms. The van der Waals surface area contributed by atoms with Gasteiger partial charge in [-0.1, -0.05) is 0 Å². The number of carbonyl (C=O) groups excluding carboxylic acids is 1. The van der Waals surface area contributed by atoms with Crippen molar-refractivity contribution in [3.05, 3.63) is 38.9 Å². The maximum Gasteiger partial charge on any atom is 0.376 e. The summed E-state index contributed by atoms with van der Waals surface area (Å²) in [6.07, 6.45) is 1.52. The van der Waals surface area contributed by atoms with Crippen molar-refractivity contribution in [2.75, 3.05) is 12.4 Å². The second-order valence-electron chi connectivity index (χ2n) is 3.34. The lowest BCUT2D eigenvalue weighted by molar-refractivity contribution is 0.0587. The summed E-state index contributed by atoms with van der Waals surface area (Å²) in [6, 6.07) is 3.73. The van der Waals surface area contributed by atoms with Crippen molar-refractivity contribution < 1.29 is 9.53 Å². The number of hydrogen-bond acceptors (Lipinski definition) is 6. The minimum absolute atomic E-state index is 0.0508. The quantitative estimate of drug-likeness (QED) is 0.875. The molecule has 0 atom stereocenters. The van der Waals surface area contributed by atoms with E-state index < -0.39 is 5.97 Å². The van der Waals surface area contributed by atoms with E-state index in [1.165, 1.54) is 18.2 Å². The summed E-state index contributed by atoms with van der Waals surface area (Å²) in [7, 11) is 1.30. The van der Waals surface area contributed by atoms with Crippen LogP contribution < -0.4 is 5.32 Å². The van der Waals surface area contributed by atoms with Crippen molar-refractivity contribution >= 4 is 39.1 Å². The van der Waals surface area contributed by atoms with Gasteiger partial charge in [-0.05, 0) is 28.1 Å². The van der Waals surface area contributed by atoms with Crippen LogP contribution in [0.1, 0.15) is 15.5 Å². The van der Waals surface area contributed by atoms with E-state index >= 15 is 0 Å². The number of thiophene rings is 1. The summed E-state index contributed by atoms with van der Waals surface area (Å²) in [5.41, 5.74) is 0. The van der Waals surface area contributed by atoms with Crippen LogP contribution in [0.15, 0.2) is 28.2 Å². The van der Waals surface area contributed by atoms with E-state index in [0.717, 1.165) is 4.47 Å². The Kier molecular flexibility index (Phi) is 4.27. The number of aromatic nitrogens is 2. The Labute approximate surface area is 116 Å². The van der Waals surface area contributed by atoms with E-state index in [2.05, 4.69) is 36.0 Å². The van der Waals surface area contributed by atoms with Gasteiger partial charge in [0.15, 0.2) is 0 Å². The molecule has 0 aliphatic carbocycles. The Hall–Kier alpha value is -1.47. The molecule has 0 fully saturated rings. The predicted molar refractivity (Wildman–Crippen MR) is 72.7 cm³/mol. The molecule has 2 aromatic rings. The van der Waals surface area contributed by atoms with Crippen LogP contribution >= 0.6 is 27.3 Å². The number of esters is 1. The van der Waals surface area contributed by atoms with Gasteiger partial charge in [0.1, 0.15) is 5.82 Å². The lowest BCUT2D eigenvalue weighted by atomic mass is 10.4. The van der Waals surface area contributed by atoms with Crippen LogP contribution in [-0.2, 0) is 11.3 Å². The van der Waals surface area contributed by atoms with Crippen LogP contribution in [0.4, 0.5) is 5.82 Å². The number of methoxy groups -OCH3 is 1. The number of rotatable bonds is 4. The fourth-order valence-electron chi connectivity index (χ4n) is 1.27. The number of nitrogens with one attached hydrogen (secondary N) is 1. The van der Waals surface area contributed by atoms with E-state index in [4.69, 9.17) is 0 Å². The van der Waals surface area contributed by atoms with Gasteiger partial charge in [-0.15, -0.1) is 11.3 Å². The maximum atomic E-state index is 11.3. The third-order valence-corrected chi connectivity index (χ3v) is 3.79. The Morgan fingerprint density at radius 1 is 1.61 bits per heavy atom. The topological polar surface area (TPSA) is 64.1 Å². The molecule has 0 unspecified atom stereocenters. The number of ether oxygens (including phenoxy) is 1. The lowest BCUT2D eigenvalue weighted by Crippen LogP contribution is -2.09. The minimum Gasteiger partial charge on any atom is -0.463 e. The second-order valence-corrected chi connectivity index (χ2v) is 5.25. The van der Waals surface area contributed by atoms with Gasteiger partial charge in [0.2, 0.25) is 5.82 Å². The van der Waals surface area contributed by atoms with E-state index in [1.807, 2.05) is 11.4 Å². The summed E-state index contributed by atoms with van der Waals surface area (Å²) >= 11 is 5.03. The van der Waals surface area contributed by atoms with Gasteiger partial charge in [0.25, 0.3) is 0 Å². The largest absolute Gasteiger partial charge is 0.463 e. The SMILES string of the molecule is COC(=O)c1nccc(NCc2cc(Br)cs2)n1. The Bertz CT molecular complexity index is 559. The molecule has 7 heteroatoms. The summed E-state index contributed by atoms with van der Waals surface area (Å²) in [6.45, 7) is 0.647. The summed E-state index contributed by atoms with van der Waals surface area (Å²) < 4.78 is 5.62. The third kappa shape index (κ3) is 3.27. The van der Waals surface area contributed by atoms with Crippen molar-refractivity contribution in [1.29, 1.82) is 0 Å². The molecule has 0 radical (unpaired) electrons. The fraction of sp³-hybridized carbons (Fsp3) is 0.182. The summed E-state index contributed by atoms with van der Waals surface area (Å²) in [5.74, 6) is 0.0994. The van der Waals surface area contributed by atoms with Crippen molar-refractivity contribution in [2.45, 2.75) is 6.54 Å². The highest BCUT2D eigenvalue weighted by Crippen LogP contribution is 2.20. The molecule has 1 N–H and O–H groups in total. The van der Waals surface area contributed by atoms with Crippen LogP contribution in [0.25, 0.3) is 0 Å². The first kappa shape index (κ1) is 13.0. The molecule has 0 saturated carbocycles. The number of halogens is 1. The monoisotopic (exact) mass is 327 g/mol. The fourth-order valence-corrected chi connectivity index (χ4v) is 2.66. The molecular weight excluding hydrogens is 318 g/mol. The highest BCUT2D eigenvalue weighted by molar-refractivity contribution is 9.10. The Morgan fingerprint density at radius 3 is 3.11 bits per heavy atom. The molecule has 0 saturated heterocycles. The van der Waals surface area contributed by atoms with Gasteiger partial charge in [-0.25, -0.2) is 14.8 Å². The average molecular weight is 328 g/mol.